The number of aromatic nitrogens is 4. The van der Waals surface area contributed by atoms with Gasteiger partial charge in [0.25, 0.3) is 5.95 Å². The van der Waals surface area contributed by atoms with Gasteiger partial charge in [0, 0.05) is 0 Å². The van der Waals surface area contributed by atoms with Gasteiger partial charge in [0.05, 0.1) is 24.0 Å². The van der Waals surface area contributed by atoms with Crippen molar-refractivity contribution in [2.75, 3.05) is 6.61 Å². The zero-order valence-corrected chi connectivity index (χ0v) is 13.1. The van der Waals surface area contributed by atoms with E-state index in [1.165, 1.54) is 4.68 Å². The lowest BCUT2D eigenvalue weighted by Crippen LogP contribution is -2.38. The number of aliphatic imine (C=N–C) groups is 1. The second kappa shape index (κ2) is 6.45. The summed E-state index contributed by atoms with van der Waals surface area (Å²) in [6.07, 6.45) is -1.50. The summed E-state index contributed by atoms with van der Waals surface area (Å²) in [6.45, 7) is 3.64. The van der Waals surface area contributed by atoms with Crippen LogP contribution in [0.3, 0.4) is 0 Å². The third kappa shape index (κ3) is 2.81. The fourth-order valence-corrected chi connectivity index (χ4v) is 2.50. The van der Waals surface area contributed by atoms with Gasteiger partial charge in [-0.3, -0.25) is 0 Å². The summed E-state index contributed by atoms with van der Waals surface area (Å²) in [7, 11) is 0. The SMILES string of the molecule is CCOC(=O)OC1C(C)=Nc2nnnn2C1c1ccc(C#N)cc1. The van der Waals surface area contributed by atoms with Crippen molar-refractivity contribution in [2.24, 2.45) is 4.99 Å². The third-order valence-electron chi connectivity index (χ3n) is 3.58. The molecular weight excluding hydrogens is 312 g/mol. The van der Waals surface area contributed by atoms with Crippen molar-refractivity contribution in [1.82, 2.24) is 20.2 Å². The summed E-state index contributed by atoms with van der Waals surface area (Å²) < 4.78 is 11.8. The Balaban J connectivity index is 2.01. The number of tetrazole rings is 1. The van der Waals surface area contributed by atoms with Crippen LogP contribution in [0.25, 0.3) is 0 Å². The Hall–Kier alpha value is -3.28. The summed E-state index contributed by atoms with van der Waals surface area (Å²) in [5, 5.41) is 20.4. The highest BCUT2D eigenvalue weighted by Gasteiger charge is 2.37. The lowest BCUT2D eigenvalue weighted by atomic mass is 9.96. The molecule has 0 amide bonds. The molecule has 0 aliphatic carbocycles. The molecule has 9 heteroatoms. The van der Waals surface area contributed by atoms with E-state index in [-0.39, 0.29) is 6.61 Å². The molecule has 0 fully saturated rings. The number of benzene rings is 1. The van der Waals surface area contributed by atoms with Gasteiger partial charge in [-0.05, 0) is 42.0 Å². The molecule has 0 saturated carbocycles. The molecule has 2 heterocycles. The van der Waals surface area contributed by atoms with E-state index in [1.54, 1.807) is 38.1 Å². The minimum atomic E-state index is -0.785. The van der Waals surface area contributed by atoms with Crippen LogP contribution in [0.1, 0.15) is 31.0 Å². The minimum absolute atomic E-state index is 0.208. The van der Waals surface area contributed by atoms with Crippen LogP contribution >= 0.6 is 0 Å². The third-order valence-corrected chi connectivity index (χ3v) is 3.58. The maximum atomic E-state index is 11.8. The minimum Gasteiger partial charge on any atom is -0.435 e. The van der Waals surface area contributed by atoms with Crippen molar-refractivity contribution in [3.05, 3.63) is 35.4 Å². The molecule has 9 nitrogen and oxygen atoms in total. The molecule has 1 aromatic carbocycles. The van der Waals surface area contributed by atoms with E-state index in [0.717, 1.165) is 5.56 Å². The summed E-state index contributed by atoms with van der Waals surface area (Å²) in [5.41, 5.74) is 1.87. The monoisotopic (exact) mass is 326 g/mol. The molecule has 2 unspecified atom stereocenters. The Morgan fingerprint density at radius 2 is 2.12 bits per heavy atom. The van der Waals surface area contributed by atoms with Gasteiger partial charge in [-0.25, -0.2) is 9.79 Å². The number of carbonyl (C=O) groups excluding carboxylic acids is 1. The summed E-state index contributed by atoms with van der Waals surface area (Å²) >= 11 is 0. The molecule has 2 atom stereocenters. The van der Waals surface area contributed by atoms with Gasteiger partial charge in [-0.15, -0.1) is 0 Å². The van der Waals surface area contributed by atoms with Crippen molar-refractivity contribution >= 4 is 17.8 Å². The van der Waals surface area contributed by atoms with Crippen LogP contribution in [0.5, 0.6) is 0 Å². The topological polar surface area (TPSA) is 115 Å². The van der Waals surface area contributed by atoms with Gasteiger partial charge in [0.2, 0.25) is 0 Å². The molecule has 122 valence electrons. The first-order chi connectivity index (χ1) is 11.6. The first kappa shape index (κ1) is 15.6. The van der Waals surface area contributed by atoms with Crippen molar-refractivity contribution in [1.29, 1.82) is 5.26 Å². The van der Waals surface area contributed by atoms with Crippen LogP contribution in [-0.2, 0) is 9.47 Å². The standard InChI is InChI=1S/C15H14N6O3/c1-3-23-15(22)24-13-9(2)17-14-18-19-20-21(14)12(13)11-6-4-10(8-16)5-7-11/h4-7,12-13H,3H2,1-2H3. The molecule has 0 saturated heterocycles. The normalized spacial score (nSPS) is 19.0. The Bertz CT molecular complexity index is 820. The van der Waals surface area contributed by atoms with Crippen LogP contribution in [-0.4, -0.2) is 44.8 Å². The molecule has 2 aromatic rings. The molecule has 0 bridgehead atoms. The Labute approximate surface area is 137 Å². The fraction of sp³-hybridized carbons (Fsp3) is 0.333. The number of nitriles is 1. The van der Waals surface area contributed by atoms with Gasteiger partial charge in [0.15, 0.2) is 6.10 Å². The first-order valence-corrected chi connectivity index (χ1v) is 7.30. The summed E-state index contributed by atoms with van der Waals surface area (Å²) in [4.78, 5) is 16.0. The van der Waals surface area contributed by atoms with Crippen LogP contribution in [0, 0.1) is 11.3 Å². The quantitative estimate of drug-likeness (QED) is 0.789. The molecule has 0 radical (unpaired) electrons. The van der Waals surface area contributed by atoms with E-state index in [0.29, 0.717) is 17.2 Å². The smallest absolute Gasteiger partial charge is 0.435 e. The molecule has 0 N–H and O–H groups in total. The van der Waals surface area contributed by atoms with Gasteiger partial charge < -0.3 is 9.47 Å². The maximum Gasteiger partial charge on any atom is 0.509 e. The number of rotatable bonds is 3. The van der Waals surface area contributed by atoms with Crippen molar-refractivity contribution in [2.45, 2.75) is 26.0 Å². The molecule has 0 spiro atoms. The van der Waals surface area contributed by atoms with E-state index >= 15 is 0 Å². The molecular formula is C15H14N6O3. The zero-order chi connectivity index (χ0) is 17.1. The van der Waals surface area contributed by atoms with Crippen LogP contribution in [0.2, 0.25) is 0 Å². The molecule has 1 aliphatic heterocycles. The predicted octanol–water partition coefficient (Wildman–Crippen LogP) is 1.78. The first-order valence-electron chi connectivity index (χ1n) is 7.30. The van der Waals surface area contributed by atoms with Crippen molar-refractivity contribution in [3.63, 3.8) is 0 Å². The zero-order valence-electron chi connectivity index (χ0n) is 13.1. The Morgan fingerprint density at radius 1 is 1.38 bits per heavy atom. The van der Waals surface area contributed by atoms with Gasteiger partial charge >= 0.3 is 6.16 Å². The molecule has 1 aromatic heterocycles. The number of fused-ring (bicyclic) bond motifs is 1. The van der Waals surface area contributed by atoms with Crippen LogP contribution in [0.15, 0.2) is 29.3 Å². The Kier molecular flexibility index (Phi) is 4.20. The number of carbonyl (C=O) groups is 1. The van der Waals surface area contributed by atoms with Gasteiger partial charge in [-0.2, -0.15) is 9.94 Å². The number of hydrogen-bond donors (Lipinski definition) is 0. The van der Waals surface area contributed by atoms with E-state index < -0.39 is 18.3 Å². The second-order valence-corrected chi connectivity index (χ2v) is 5.08. The highest BCUT2D eigenvalue weighted by Crippen LogP contribution is 2.32. The average Bonchev–Trinajstić information content (AvgIpc) is 3.03. The average molecular weight is 326 g/mol. The molecule has 3 rings (SSSR count). The highest BCUT2D eigenvalue weighted by atomic mass is 16.7. The Morgan fingerprint density at radius 3 is 2.79 bits per heavy atom. The predicted molar refractivity (Wildman–Crippen MR) is 81.8 cm³/mol. The molecule has 24 heavy (non-hydrogen) atoms. The number of nitrogens with zero attached hydrogens (tertiary/aromatic N) is 6. The lowest BCUT2D eigenvalue weighted by molar-refractivity contribution is 0.0330. The van der Waals surface area contributed by atoms with Crippen LogP contribution < -0.4 is 0 Å². The van der Waals surface area contributed by atoms with E-state index in [9.17, 15) is 4.79 Å². The maximum absolute atomic E-state index is 11.8. The van der Waals surface area contributed by atoms with Crippen molar-refractivity contribution in [3.8, 4) is 6.07 Å². The lowest BCUT2D eigenvalue weighted by Gasteiger charge is -2.29. The van der Waals surface area contributed by atoms with Gasteiger partial charge in [-0.1, -0.05) is 17.2 Å². The number of hydrogen-bond acceptors (Lipinski definition) is 8. The highest BCUT2D eigenvalue weighted by molar-refractivity contribution is 5.91. The summed E-state index contributed by atoms with van der Waals surface area (Å²) in [6, 6.07) is 8.48. The van der Waals surface area contributed by atoms with Gasteiger partial charge in [0.1, 0.15) is 6.04 Å². The van der Waals surface area contributed by atoms with Crippen LogP contribution in [0.4, 0.5) is 10.7 Å². The second-order valence-electron chi connectivity index (χ2n) is 5.08. The number of ether oxygens (including phenoxy) is 2. The molecule has 1 aliphatic rings. The van der Waals surface area contributed by atoms with E-state index in [2.05, 4.69) is 26.6 Å². The largest absolute Gasteiger partial charge is 0.509 e. The van der Waals surface area contributed by atoms with E-state index in [1.807, 2.05) is 0 Å². The fourth-order valence-electron chi connectivity index (χ4n) is 2.50. The summed E-state index contributed by atoms with van der Waals surface area (Å²) in [5.74, 6) is 0.325. The van der Waals surface area contributed by atoms with Crippen molar-refractivity contribution < 1.29 is 14.3 Å². The van der Waals surface area contributed by atoms with E-state index in [4.69, 9.17) is 14.7 Å².